The Labute approximate surface area is 98.7 Å². The van der Waals surface area contributed by atoms with E-state index in [9.17, 15) is 0 Å². The molecule has 1 aliphatic rings. The summed E-state index contributed by atoms with van der Waals surface area (Å²) >= 11 is 6.14. The lowest BCUT2D eigenvalue weighted by molar-refractivity contribution is 0.135. The molecule has 0 spiro atoms. The van der Waals surface area contributed by atoms with Crippen LogP contribution in [-0.4, -0.2) is 31.7 Å². The number of halogens is 1. The normalized spacial score (nSPS) is 26.8. The Hall–Kier alpha value is 0.210. The second kappa shape index (κ2) is 8.37. The van der Waals surface area contributed by atoms with Crippen LogP contribution in [0, 0.1) is 5.92 Å². The van der Waals surface area contributed by atoms with Crippen LogP contribution in [-0.2, 0) is 4.74 Å². The monoisotopic (exact) mass is 233 g/mol. The van der Waals surface area contributed by atoms with Gasteiger partial charge >= 0.3 is 0 Å². The van der Waals surface area contributed by atoms with Gasteiger partial charge in [0.05, 0.1) is 6.61 Å². The zero-order chi connectivity index (χ0) is 10.9. The van der Waals surface area contributed by atoms with Gasteiger partial charge in [0.1, 0.15) is 0 Å². The molecule has 0 amide bonds. The lowest BCUT2D eigenvalue weighted by Gasteiger charge is -2.25. The quantitative estimate of drug-likeness (QED) is 0.540. The van der Waals surface area contributed by atoms with Crippen molar-refractivity contribution < 1.29 is 4.74 Å². The highest BCUT2D eigenvalue weighted by atomic mass is 35.5. The van der Waals surface area contributed by atoms with Crippen LogP contribution in [0.1, 0.15) is 39.0 Å². The molecule has 2 unspecified atom stereocenters. The number of ether oxygens (including phenoxy) is 1. The SMILES string of the molecule is CCCOCCNCC1CCCC(Cl)C1. The number of hydrogen-bond acceptors (Lipinski definition) is 2. The predicted octanol–water partition coefficient (Wildman–Crippen LogP) is 2.80. The molecule has 3 heteroatoms. The Morgan fingerprint density at radius 3 is 2.93 bits per heavy atom. The Bertz CT molecular complexity index is 155. The molecule has 0 aromatic rings. The maximum absolute atomic E-state index is 6.14. The largest absolute Gasteiger partial charge is 0.380 e. The molecule has 2 atom stereocenters. The standard InChI is InChI=1S/C12H24ClNO/c1-2-7-15-8-6-14-10-11-4-3-5-12(13)9-11/h11-12,14H,2-10H2,1H3. The number of nitrogens with one attached hydrogen (secondary N) is 1. The van der Waals surface area contributed by atoms with Gasteiger partial charge in [0, 0.05) is 18.5 Å². The van der Waals surface area contributed by atoms with Gasteiger partial charge in [0.25, 0.3) is 0 Å². The van der Waals surface area contributed by atoms with Crippen LogP contribution >= 0.6 is 11.6 Å². The molecule has 1 N–H and O–H groups in total. The zero-order valence-electron chi connectivity index (χ0n) is 9.80. The predicted molar refractivity (Wildman–Crippen MR) is 65.6 cm³/mol. The molecule has 0 radical (unpaired) electrons. The van der Waals surface area contributed by atoms with Gasteiger partial charge in [0.2, 0.25) is 0 Å². The molecule has 1 aliphatic carbocycles. The molecule has 0 heterocycles. The first-order chi connectivity index (χ1) is 7.33. The van der Waals surface area contributed by atoms with Gasteiger partial charge in [-0.1, -0.05) is 13.3 Å². The fraction of sp³-hybridized carbons (Fsp3) is 1.00. The van der Waals surface area contributed by atoms with E-state index in [2.05, 4.69) is 12.2 Å². The number of alkyl halides is 1. The Kier molecular flexibility index (Phi) is 7.41. The minimum absolute atomic E-state index is 0.418. The highest BCUT2D eigenvalue weighted by molar-refractivity contribution is 6.20. The van der Waals surface area contributed by atoms with Gasteiger partial charge in [-0.3, -0.25) is 0 Å². The van der Waals surface area contributed by atoms with Crippen LogP contribution < -0.4 is 5.32 Å². The van der Waals surface area contributed by atoms with Crippen molar-refractivity contribution in [2.24, 2.45) is 5.92 Å². The summed E-state index contributed by atoms with van der Waals surface area (Å²) in [4.78, 5) is 0. The summed E-state index contributed by atoms with van der Waals surface area (Å²) in [5.74, 6) is 0.785. The van der Waals surface area contributed by atoms with Crippen molar-refractivity contribution in [2.75, 3.05) is 26.3 Å². The van der Waals surface area contributed by atoms with Crippen molar-refractivity contribution in [1.29, 1.82) is 0 Å². The van der Waals surface area contributed by atoms with E-state index in [1.165, 1.54) is 25.7 Å². The lowest BCUT2D eigenvalue weighted by atomic mass is 9.89. The smallest absolute Gasteiger partial charge is 0.0590 e. The van der Waals surface area contributed by atoms with E-state index in [-0.39, 0.29) is 0 Å². The van der Waals surface area contributed by atoms with E-state index in [0.717, 1.165) is 38.6 Å². The summed E-state index contributed by atoms with van der Waals surface area (Å²) in [7, 11) is 0. The van der Waals surface area contributed by atoms with Crippen molar-refractivity contribution in [3.05, 3.63) is 0 Å². The Morgan fingerprint density at radius 2 is 2.20 bits per heavy atom. The minimum atomic E-state index is 0.418. The molecule has 90 valence electrons. The Balaban J connectivity index is 1.90. The van der Waals surface area contributed by atoms with Gasteiger partial charge in [-0.15, -0.1) is 11.6 Å². The van der Waals surface area contributed by atoms with Gasteiger partial charge in [-0.2, -0.15) is 0 Å². The first-order valence-corrected chi connectivity index (χ1v) is 6.69. The van der Waals surface area contributed by atoms with Crippen molar-refractivity contribution in [1.82, 2.24) is 5.32 Å². The molecule has 1 saturated carbocycles. The second-order valence-electron chi connectivity index (χ2n) is 4.45. The molecule has 2 nitrogen and oxygen atoms in total. The first kappa shape index (κ1) is 13.3. The maximum atomic E-state index is 6.14. The lowest BCUT2D eigenvalue weighted by Crippen LogP contribution is -2.29. The van der Waals surface area contributed by atoms with Crippen molar-refractivity contribution >= 4 is 11.6 Å². The van der Waals surface area contributed by atoms with Crippen LogP contribution in [0.2, 0.25) is 0 Å². The maximum Gasteiger partial charge on any atom is 0.0590 e. The first-order valence-electron chi connectivity index (χ1n) is 6.25. The molecule has 0 saturated heterocycles. The van der Waals surface area contributed by atoms with Crippen LogP contribution in [0.4, 0.5) is 0 Å². The average molecular weight is 234 g/mol. The third kappa shape index (κ3) is 6.39. The third-order valence-electron chi connectivity index (χ3n) is 2.92. The third-order valence-corrected chi connectivity index (χ3v) is 3.32. The van der Waals surface area contributed by atoms with E-state index >= 15 is 0 Å². The van der Waals surface area contributed by atoms with E-state index in [1.54, 1.807) is 0 Å². The summed E-state index contributed by atoms with van der Waals surface area (Å²) in [6, 6.07) is 0. The van der Waals surface area contributed by atoms with Gasteiger partial charge in [-0.25, -0.2) is 0 Å². The second-order valence-corrected chi connectivity index (χ2v) is 5.06. The topological polar surface area (TPSA) is 21.3 Å². The molecule has 1 fully saturated rings. The molecule has 0 aromatic heterocycles. The Morgan fingerprint density at radius 1 is 1.33 bits per heavy atom. The van der Waals surface area contributed by atoms with E-state index in [1.807, 2.05) is 0 Å². The molecular formula is C12H24ClNO. The summed E-state index contributed by atoms with van der Waals surface area (Å²) in [6.07, 6.45) is 6.14. The van der Waals surface area contributed by atoms with Crippen molar-refractivity contribution in [2.45, 2.75) is 44.4 Å². The average Bonchev–Trinajstić information content (AvgIpc) is 2.23. The summed E-state index contributed by atoms with van der Waals surface area (Å²) in [6.45, 7) is 5.94. The van der Waals surface area contributed by atoms with Gasteiger partial charge in [-0.05, 0) is 38.1 Å². The molecule has 1 rings (SSSR count). The highest BCUT2D eigenvalue weighted by Gasteiger charge is 2.19. The number of hydrogen-bond donors (Lipinski definition) is 1. The van der Waals surface area contributed by atoms with Crippen LogP contribution in [0.15, 0.2) is 0 Å². The fourth-order valence-corrected chi connectivity index (χ4v) is 2.51. The van der Waals surface area contributed by atoms with E-state index < -0.39 is 0 Å². The van der Waals surface area contributed by atoms with Crippen molar-refractivity contribution in [3.8, 4) is 0 Å². The number of rotatable bonds is 7. The molecular weight excluding hydrogens is 210 g/mol. The minimum Gasteiger partial charge on any atom is -0.380 e. The highest BCUT2D eigenvalue weighted by Crippen LogP contribution is 2.27. The summed E-state index contributed by atoms with van der Waals surface area (Å²) in [5, 5.41) is 3.87. The van der Waals surface area contributed by atoms with Crippen LogP contribution in [0.5, 0.6) is 0 Å². The van der Waals surface area contributed by atoms with Crippen LogP contribution in [0.3, 0.4) is 0 Å². The van der Waals surface area contributed by atoms with E-state index in [0.29, 0.717) is 5.38 Å². The van der Waals surface area contributed by atoms with E-state index in [4.69, 9.17) is 16.3 Å². The molecule has 15 heavy (non-hydrogen) atoms. The van der Waals surface area contributed by atoms with Gasteiger partial charge in [0.15, 0.2) is 0 Å². The molecule has 0 aromatic carbocycles. The molecule has 0 aliphatic heterocycles. The fourth-order valence-electron chi connectivity index (χ4n) is 2.11. The summed E-state index contributed by atoms with van der Waals surface area (Å²) < 4.78 is 5.40. The van der Waals surface area contributed by atoms with Crippen molar-refractivity contribution in [3.63, 3.8) is 0 Å². The van der Waals surface area contributed by atoms with Gasteiger partial charge < -0.3 is 10.1 Å². The van der Waals surface area contributed by atoms with Crippen LogP contribution in [0.25, 0.3) is 0 Å². The zero-order valence-corrected chi connectivity index (χ0v) is 10.6. The molecule has 0 bridgehead atoms. The summed E-state index contributed by atoms with van der Waals surface area (Å²) in [5.41, 5.74) is 0.